The van der Waals surface area contributed by atoms with Crippen molar-refractivity contribution < 1.29 is 9.53 Å². The van der Waals surface area contributed by atoms with Gasteiger partial charge in [0.05, 0.1) is 0 Å². The monoisotopic (exact) mass is 177 g/mol. The molecule has 3 N–H and O–H groups in total. The van der Waals surface area contributed by atoms with Crippen LogP contribution >= 0.6 is 11.8 Å². The molecule has 0 saturated carbocycles. The molecule has 4 nitrogen and oxygen atoms in total. The molecule has 0 fully saturated rings. The molecule has 0 spiro atoms. The van der Waals surface area contributed by atoms with Gasteiger partial charge in [0.25, 0.3) is 0 Å². The van der Waals surface area contributed by atoms with Gasteiger partial charge in [-0.05, 0) is 18.4 Å². The van der Waals surface area contributed by atoms with Crippen molar-refractivity contribution in [3.63, 3.8) is 0 Å². The third-order valence-corrected chi connectivity index (χ3v) is 1.79. The van der Waals surface area contributed by atoms with Crippen molar-refractivity contribution in [2.24, 2.45) is 5.73 Å². The first-order valence-electron chi connectivity index (χ1n) is 3.28. The molecular weight excluding hydrogens is 164 g/mol. The zero-order valence-corrected chi connectivity index (χ0v) is 7.32. The number of hydrogen-bond acceptors (Lipinski definition) is 4. The largest absolute Gasteiger partial charge is 0.447 e. The lowest BCUT2D eigenvalue weighted by Gasteiger charge is -2.08. The van der Waals surface area contributed by atoms with Crippen molar-refractivity contribution in [3.05, 3.63) is 0 Å². The summed E-state index contributed by atoms with van der Waals surface area (Å²) in [5, 5.41) is 0. The Hall–Kier alpha value is -0.260. The van der Waals surface area contributed by atoms with Crippen LogP contribution in [0.3, 0.4) is 0 Å². The van der Waals surface area contributed by atoms with Crippen molar-refractivity contribution >= 4 is 17.7 Å². The molecule has 0 aromatic carbocycles. The van der Waals surface area contributed by atoms with Crippen molar-refractivity contribution in [2.75, 3.05) is 18.7 Å². The number of hydrogen-bond donors (Lipinski definition) is 1. The van der Waals surface area contributed by atoms with E-state index in [4.69, 9.17) is 11.5 Å². The number of nitrogens with two attached hydrogens (primary N) is 1. The van der Waals surface area contributed by atoms with E-state index in [-0.39, 0.29) is 6.73 Å². The predicted octanol–water partition coefficient (Wildman–Crippen LogP) is -0.150. The van der Waals surface area contributed by atoms with Gasteiger partial charge in [0.1, 0.15) is 6.04 Å². The average molecular weight is 177 g/mol. The van der Waals surface area contributed by atoms with E-state index in [1.54, 1.807) is 11.8 Å². The minimum absolute atomic E-state index is 0.341. The Morgan fingerprint density at radius 2 is 2.45 bits per heavy atom. The summed E-state index contributed by atoms with van der Waals surface area (Å²) in [5.41, 5.74) is 12.0. The molecule has 0 aliphatic carbocycles. The lowest BCUT2D eigenvalue weighted by molar-refractivity contribution is -0.145. The summed E-state index contributed by atoms with van der Waals surface area (Å²) in [6.07, 6.45) is 2.56. The lowest BCUT2D eigenvalue weighted by atomic mass is 10.2. The highest BCUT2D eigenvalue weighted by Gasteiger charge is 2.12. The molecule has 1 atom stereocenters. The highest BCUT2D eigenvalue weighted by atomic mass is 32.2. The molecule has 0 amide bonds. The Labute approximate surface area is 70.6 Å². The van der Waals surface area contributed by atoms with Crippen LogP contribution in [0.15, 0.2) is 0 Å². The van der Waals surface area contributed by atoms with E-state index < -0.39 is 12.0 Å². The lowest BCUT2D eigenvalue weighted by Crippen LogP contribution is -2.33. The Morgan fingerprint density at radius 1 is 1.82 bits per heavy atom. The SMILES string of the molecule is CSCC[C@H](N)C(=O)OC[NH]. The van der Waals surface area contributed by atoms with Crippen LogP contribution in [-0.4, -0.2) is 30.8 Å². The number of rotatable bonds is 5. The molecule has 0 aliphatic heterocycles. The molecule has 1 radical (unpaired) electrons. The van der Waals surface area contributed by atoms with Crippen molar-refractivity contribution in [1.82, 2.24) is 5.73 Å². The quantitative estimate of drug-likeness (QED) is 0.592. The third kappa shape index (κ3) is 5.06. The highest BCUT2D eigenvalue weighted by Crippen LogP contribution is 1.99. The van der Waals surface area contributed by atoms with Gasteiger partial charge in [0.15, 0.2) is 6.73 Å². The number of ether oxygens (including phenoxy) is 1. The first-order valence-corrected chi connectivity index (χ1v) is 4.67. The summed E-state index contributed by atoms with van der Waals surface area (Å²) in [4.78, 5) is 10.8. The molecule has 0 aromatic rings. The van der Waals surface area contributed by atoms with Gasteiger partial charge >= 0.3 is 5.97 Å². The van der Waals surface area contributed by atoms with E-state index >= 15 is 0 Å². The van der Waals surface area contributed by atoms with Gasteiger partial charge in [0.2, 0.25) is 0 Å². The van der Waals surface area contributed by atoms with Crippen LogP contribution in [0.25, 0.3) is 0 Å². The molecule has 0 unspecified atom stereocenters. The Bertz CT molecular complexity index is 121. The second kappa shape index (κ2) is 6.45. The van der Waals surface area contributed by atoms with Gasteiger partial charge in [-0.3, -0.25) is 4.79 Å². The number of carbonyl (C=O) groups excluding carboxylic acids is 1. The third-order valence-electron chi connectivity index (χ3n) is 1.15. The maximum atomic E-state index is 10.8. The zero-order valence-electron chi connectivity index (χ0n) is 6.50. The predicted molar refractivity (Wildman–Crippen MR) is 45.0 cm³/mol. The van der Waals surface area contributed by atoms with Gasteiger partial charge in [-0.1, -0.05) is 0 Å². The molecule has 0 aromatic heterocycles. The topological polar surface area (TPSA) is 76.1 Å². The summed E-state index contributed by atoms with van der Waals surface area (Å²) in [7, 11) is 0. The Morgan fingerprint density at radius 3 is 2.91 bits per heavy atom. The average Bonchev–Trinajstić information content (AvgIpc) is 2.00. The molecule has 0 aliphatic rings. The van der Waals surface area contributed by atoms with E-state index in [1.165, 1.54) is 0 Å². The van der Waals surface area contributed by atoms with E-state index in [2.05, 4.69) is 4.74 Å². The van der Waals surface area contributed by atoms with E-state index in [0.717, 1.165) is 5.75 Å². The van der Waals surface area contributed by atoms with E-state index in [0.29, 0.717) is 6.42 Å². The van der Waals surface area contributed by atoms with E-state index in [1.807, 2.05) is 6.26 Å². The highest BCUT2D eigenvalue weighted by molar-refractivity contribution is 7.98. The van der Waals surface area contributed by atoms with E-state index in [9.17, 15) is 4.79 Å². The van der Waals surface area contributed by atoms with Gasteiger partial charge in [0, 0.05) is 0 Å². The maximum Gasteiger partial charge on any atom is 0.324 e. The molecular formula is C6H13N2O2S. The normalized spacial score (nSPS) is 12.6. The second-order valence-corrected chi connectivity index (χ2v) is 2.98. The fourth-order valence-corrected chi connectivity index (χ4v) is 1.03. The number of thioether (sulfide) groups is 1. The standard InChI is InChI=1S/C6H13N2O2S/c1-11-3-2-5(8)6(9)10-4-7/h5,7H,2-4,8H2,1H3/t5-/m0/s1. The number of carbonyl (C=O) groups is 1. The molecule has 0 rings (SSSR count). The molecule has 0 saturated heterocycles. The van der Waals surface area contributed by atoms with Crippen LogP contribution in [0.4, 0.5) is 0 Å². The van der Waals surface area contributed by atoms with Gasteiger partial charge in [-0.2, -0.15) is 11.8 Å². The second-order valence-electron chi connectivity index (χ2n) is 2.00. The number of nitrogens with one attached hydrogen (secondary N) is 1. The first kappa shape index (κ1) is 10.7. The summed E-state index contributed by atoms with van der Waals surface area (Å²) >= 11 is 1.63. The van der Waals surface area contributed by atoms with Gasteiger partial charge in [-0.15, -0.1) is 0 Å². The maximum absolute atomic E-state index is 10.8. The molecule has 11 heavy (non-hydrogen) atoms. The minimum atomic E-state index is -0.562. The summed E-state index contributed by atoms with van der Waals surface area (Å²) < 4.78 is 4.39. The summed E-state index contributed by atoms with van der Waals surface area (Å²) in [5.74, 6) is 0.364. The van der Waals surface area contributed by atoms with Crippen molar-refractivity contribution in [2.45, 2.75) is 12.5 Å². The van der Waals surface area contributed by atoms with Crippen LogP contribution < -0.4 is 11.5 Å². The van der Waals surface area contributed by atoms with Gasteiger partial charge < -0.3 is 10.5 Å². The van der Waals surface area contributed by atoms with Crippen LogP contribution in [0, 0.1) is 0 Å². The first-order chi connectivity index (χ1) is 5.22. The molecule has 65 valence electrons. The van der Waals surface area contributed by atoms with Gasteiger partial charge in [-0.25, -0.2) is 5.73 Å². The molecule has 0 bridgehead atoms. The fraction of sp³-hybridized carbons (Fsp3) is 0.833. The van der Waals surface area contributed by atoms with Crippen molar-refractivity contribution in [3.8, 4) is 0 Å². The summed E-state index contributed by atoms with van der Waals surface area (Å²) in [6, 6.07) is -0.562. The molecule has 0 heterocycles. The van der Waals surface area contributed by atoms with Crippen LogP contribution in [-0.2, 0) is 9.53 Å². The van der Waals surface area contributed by atoms with Crippen LogP contribution in [0.5, 0.6) is 0 Å². The van der Waals surface area contributed by atoms with Crippen LogP contribution in [0.2, 0.25) is 0 Å². The van der Waals surface area contributed by atoms with Crippen LogP contribution in [0.1, 0.15) is 6.42 Å². The Kier molecular flexibility index (Phi) is 6.30. The zero-order chi connectivity index (χ0) is 8.69. The fourth-order valence-electron chi connectivity index (χ4n) is 0.541. The smallest absolute Gasteiger partial charge is 0.324 e. The Balaban J connectivity index is 3.46. The summed E-state index contributed by atoms with van der Waals surface area (Å²) in [6.45, 7) is -0.341. The number of esters is 1. The van der Waals surface area contributed by atoms with Crippen molar-refractivity contribution in [1.29, 1.82) is 0 Å². The molecule has 5 heteroatoms. The minimum Gasteiger partial charge on any atom is -0.447 e.